The molecule has 0 saturated carbocycles. The molecule has 0 saturated heterocycles. The van der Waals surface area contributed by atoms with Crippen LogP contribution in [0.1, 0.15) is 17.4 Å². The van der Waals surface area contributed by atoms with E-state index in [4.69, 9.17) is 17.3 Å². The molecule has 4 N–H and O–H groups in total. The number of carbonyl (C=O) groups excluding carboxylic acids is 2. The topological polar surface area (TPSA) is 88.0 Å². The number of carbonyl (C=O) groups is 2. The van der Waals surface area contributed by atoms with Gasteiger partial charge >= 0.3 is 0 Å². The van der Waals surface area contributed by atoms with E-state index in [1.165, 1.54) is 6.92 Å². The van der Waals surface area contributed by atoms with E-state index in [0.717, 1.165) is 10.9 Å². The molecular weight excluding hydrogens is 254 g/mol. The van der Waals surface area contributed by atoms with E-state index >= 15 is 0 Å². The molecule has 0 unspecified atom stereocenters. The smallest absolute Gasteiger partial charge is 0.268 e. The average Bonchev–Trinajstić information content (AvgIpc) is 2.71. The van der Waals surface area contributed by atoms with Crippen LogP contribution in [0.5, 0.6) is 0 Å². The number of aromatic amines is 1. The molecule has 0 aliphatic carbocycles. The minimum Gasteiger partial charge on any atom is -0.368 e. The molecule has 0 radical (unpaired) electrons. The number of hydrogen-bond donors (Lipinski definition) is 3. The third kappa shape index (κ3) is 2.46. The zero-order valence-corrected chi connectivity index (χ0v) is 10.4. The lowest BCUT2D eigenvalue weighted by molar-refractivity contribution is -0.119. The van der Waals surface area contributed by atoms with Gasteiger partial charge in [-0.1, -0.05) is 17.7 Å². The first-order valence-electron chi connectivity index (χ1n) is 5.36. The maximum atomic E-state index is 11.8. The van der Waals surface area contributed by atoms with E-state index in [9.17, 15) is 9.59 Å². The number of fused-ring (bicyclic) bond motifs is 1. The minimum atomic E-state index is -0.715. The van der Waals surface area contributed by atoms with Gasteiger partial charge in [-0.05, 0) is 25.1 Å². The van der Waals surface area contributed by atoms with Crippen LogP contribution in [0.15, 0.2) is 24.3 Å². The Morgan fingerprint density at radius 2 is 2.11 bits per heavy atom. The predicted molar refractivity (Wildman–Crippen MR) is 69.4 cm³/mol. The summed E-state index contributed by atoms with van der Waals surface area (Å²) in [5.74, 6) is -0.962. The highest BCUT2D eigenvalue weighted by Gasteiger charge is 2.15. The third-order valence-corrected chi connectivity index (χ3v) is 2.84. The highest BCUT2D eigenvalue weighted by atomic mass is 35.5. The Bertz CT molecular complexity index is 621. The van der Waals surface area contributed by atoms with Crippen LogP contribution < -0.4 is 11.1 Å². The van der Waals surface area contributed by atoms with E-state index in [-0.39, 0.29) is 5.91 Å². The van der Waals surface area contributed by atoms with Gasteiger partial charge in [-0.2, -0.15) is 0 Å². The number of halogens is 1. The molecule has 1 heterocycles. The van der Waals surface area contributed by atoms with Gasteiger partial charge in [0, 0.05) is 15.9 Å². The molecule has 2 rings (SSSR count). The monoisotopic (exact) mass is 265 g/mol. The van der Waals surface area contributed by atoms with Gasteiger partial charge < -0.3 is 16.0 Å². The van der Waals surface area contributed by atoms with Crippen LogP contribution in [0.4, 0.5) is 0 Å². The number of nitrogens with one attached hydrogen (secondary N) is 2. The van der Waals surface area contributed by atoms with Gasteiger partial charge in [-0.25, -0.2) is 0 Å². The summed E-state index contributed by atoms with van der Waals surface area (Å²) in [7, 11) is 0. The fourth-order valence-corrected chi connectivity index (χ4v) is 1.74. The Morgan fingerprint density at radius 3 is 2.78 bits per heavy atom. The summed E-state index contributed by atoms with van der Waals surface area (Å²) in [6, 6.07) is 6.25. The molecule has 2 aromatic rings. The molecule has 0 aliphatic rings. The van der Waals surface area contributed by atoms with Crippen LogP contribution in [0.25, 0.3) is 10.9 Å². The number of rotatable bonds is 3. The zero-order chi connectivity index (χ0) is 13.3. The van der Waals surface area contributed by atoms with Crippen LogP contribution in [-0.2, 0) is 4.79 Å². The van der Waals surface area contributed by atoms with Crippen molar-refractivity contribution in [1.29, 1.82) is 0 Å². The summed E-state index contributed by atoms with van der Waals surface area (Å²) in [6.45, 7) is 1.53. The van der Waals surface area contributed by atoms with Crippen molar-refractivity contribution in [2.24, 2.45) is 5.73 Å². The van der Waals surface area contributed by atoms with Gasteiger partial charge in [0.15, 0.2) is 0 Å². The number of H-pyrrole nitrogens is 1. The van der Waals surface area contributed by atoms with Crippen LogP contribution in [0, 0.1) is 0 Å². The van der Waals surface area contributed by atoms with Crippen molar-refractivity contribution in [3.8, 4) is 0 Å². The maximum absolute atomic E-state index is 11.8. The summed E-state index contributed by atoms with van der Waals surface area (Å²) in [5, 5.41) is 3.95. The van der Waals surface area contributed by atoms with E-state index < -0.39 is 11.9 Å². The second kappa shape index (κ2) is 4.70. The van der Waals surface area contributed by atoms with Crippen molar-refractivity contribution in [2.75, 3.05) is 0 Å². The molecule has 1 atom stereocenters. The summed E-state index contributed by atoms with van der Waals surface area (Å²) in [6.07, 6.45) is 0. The molecule has 6 heteroatoms. The highest BCUT2D eigenvalue weighted by Crippen LogP contribution is 2.19. The fourth-order valence-electron chi connectivity index (χ4n) is 1.57. The molecule has 18 heavy (non-hydrogen) atoms. The summed E-state index contributed by atoms with van der Waals surface area (Å²) in [5.41, 5.74) is 6.20. The number of aromatic nitrogens is 1. The number of benzene rings is 1. The normalized spacial score (nSPS) is 12.3. The van der Waals surface area contributed by atoms with Gasteiger partial charge in [-0.15, -0.1) is 0 Å². The Morgan fingerprint density at radius 1 is 1.39 bits per heavy atom. The van der Waals surface area contributed by atoms with Crippen molar-refractivity contribution < 1.29 is 9.59 Å². The standard InChI is InChI=1S/C12H12ClN3O2/c1-6(11(14)17)15-12(18)10-4-7-2-3-8(13)5-9(7)16-10/h2-6,16H,1H3,(H2,14,17)(H,15,18)/t6-/m0/s1. The molecule has 0 aliphatic heterocycles. The molecule has 1 aromatic carbocycles. The van der Waals surface area contributed by atoms with E-state index in [1.807, 2.05) is 6.07 Å². The zero-order valence-electron chi connectivity index (χ0n) is 9.66. The summed E-state index contributed by atoms with van der Waals surface area (Å²) in [4.78, 5) is 25.6. The maximum Gasteiger partial charge on any atom is 0.268 e. The first-order chi connectivity index (χ1) is 8.47. The van der Waals surface area contributed by atoms with Gasteiger partial charge in [-0.3, -0.25) is 9.59 Å². The van der Waals surface area contributed by atoms with E-state index in [1.54, 1.807) is 18.2 Å². The lowest BCUT2D eigenvalue weighted by Crippen LogP contribution is -2.42. The fraction of sp³-hybridized carbons (Fsp3) is 0.167. The van der Waals surface area contributed by atoms with Crippen molar-refractivity contribution in [3.05, 3.63) is 35.0 Å². The molecule has 0 bridgehead atoms. The predicted octanol–water partition coefficient (Wildman–Crippen LogP) is 1.42. The van der Waals surface area contributed by atoms with Crippen LogP contribution in [0.3, 0.4) is 0 Å². The van der Waals surface area contributed by atoms with Crippen molar-refractivity contribution in [1.82, 2.24) is 10.3 Å². The number of primary amides is 1. The number of amides is 2. The Balaban J connectivity index is 2.26. The van der Waals surface area contributed by atoms with Crippen molar-refractivity contribution in [2.45, 2.75) is 13.0 Å². The SMILES string of the molecule is C[C@H](NC(=O)c1cc2ccc(Cl)cc2[nH]1)C(N)=O. The number of hydrogen-bond acceptors (Lipinski definition) is 2. The molecular formula is C12H12ClN3O2. The quantitative estimate of drug-likeness (QED) is 0.784. The van der Waals surface area contributed by atoms with Gasteiger partial charge in [0.2, 0.25) is 5.91 Å². The van der Waals surface area contributed by atoms with Crippen LogP contribution in [0.2, 0.25) is 5.02 Å². The second-order valence-electron chi connectivity index (χ2n) is 4.01. The molecule has 1 aromatic heterocycles. The molecule has 0 spiro atoms. The van der Waals surface area contributed by atoms with Crippen LogP contribution in [-0.4, -0.2) is 22.8 Å². The molecule has 94 valence electrons. The van der Waals surface area contributed by atoms with E-state index in [0.29, 0.717) is 10.7 Å². The Kier molecular flexibility index (Phi) is 3.25. The molecule has 2 amide bonds. The van der Waals surface area contributed by atoms with Crippen molar-refractivity contribution in [3.63, 3.8) is 0 Å². The Hall–Kier alpha value is -2.01. The Labute approximate surface area is 108 Å². The van der Waals surface area contributed by atoms with Crippen molar-refractivity contribution >= 4 is 34.3 Å². The minimum absolute atomic E-state index is 0.361. The van der Waals surface area contributed by atoms with Crippen LogP contribution >= 0.6 is 11.6 Å². The molecule has 5 nitrogen and oxygen atoms in total. The summed E-state index contributed by atoms with van der Waals surface area (Å²) >= 11 is 5.85. The molecule has 0 fully saturated rings. The van der Waals surface area contributed by atoms with Gasteiger partial charge in [0.1, 0.15) is 11.7 Å². The first-order valence-corrected chi connectivity index (χ1v) is 5.73. The lowest BCUT2D eigenvalue weighted by Gasteiger charge is -2.08. The van der Waals surface area contributed by atoms with Gasteiger partial charge in [0.05, 0.1) is 0 Å². The largest absolute Gasteiger partial charge is 0.368 e. The lowest BCUT2D eigenvalue weighted by atomic mass is 10.2. The summed E-state index contributed by atoms with van der Waals surface area (Å²) < 4.78 is 0. The number of nitrogens with two attached hydrogens (primary N) is 1. The first kappa shape index (κ1) is 12.4. The van der Waals surface area contributed by atoms with Gasteiger partial charge in [0.25, 0.3) is 5.91 Å². The average molecular weight is 266 g/mol. The second-order valence-corrected chi connectivity index (χ2v) is 4.45. The third-order valence-electron chi connectivity index (χ3n) is 2.60. The van der Waals surface area contributed by atoms with E-state index in [2.05, 4.69) is 10.3 Å². The highest BCUT2D eigenvalue weighted by molar-refractivity contribution is 6.31.